The zero-order valence-corrected chi connectivity index (χ0v) is 18.6. The van der Waals surface area contributed by atoms with Crippen molar-refractivity contribution in [1.29, 1.82) is 5.41 Å². The van der Waals surface area contributed by atoms with Crippen LogP contribution in [0.4, 0.5) is 36.6 Å². The molecule has 1 atom stereocenters. The molecule has 0 bridgehead atoms. The summed E-state index contributed by atoms with van der Waals surface area (Å²) in [6.45, 7) is 1.85. The van der Waals surface area contributed by atoms with Gasteiger partial charge in [0.25, 0.3) is 5.91 Å². The average Bonchev–Trinajstić information content (AvgIpc) is 2.70. The van der Waals surface area contributed by atoms with E-state index < -0.39 is 75.0 Å². The molecule has 0 aliphatic carbocycles. The van der Waals surface area contributed by atoms with Crippen LogP contribution in [0.3, 0.4) is 0 Å². The van der Waals surface area contributed by atoms with E-state index in [0.29, 0.717) is 31.2 Å². The first-order valence-electron chi connectivity index (χ1n) is 9.36. The fourth-order valence-electron chi connectivity index (χ4n) is 2.64. The molecule has 0 fully saturated rings. The zero-order valence-electron chi connectivity index (χ0n) is 17.8. The number of aromatic nitrogens is 1. The van der Waals surface area contributed by atoms with Crippen molar-refractivity contribution in [3.63, 3.8) is 0 Å². The van der Waals surface area contributed by atoms with Gasteiger partial charge in [0.2, 0.25) is 0 Å². The van der Waals surface area contributed by atoms with E-state index in [9.17, 15) is 35.5 Å². The van der Waals surface area contributed by atoms with Gasteiger partial charge in [0.05, 0.1) is 22.5 Å². The number of alkyl halides is 6. The molecule has 2 rings (SSSR count). The van der Waals surface area contributed by atoms with Crippen LogP contribution in [0, 0.1) is 11.2 Å². The summed E-state index contributed by atoms with van der Waals surface area (Å²) in [6.07, 6.45) is -12.3. The number of nitrogen functional groups attached to an aromatic ring is 1. The van der Waals surface area contributed by atoms with Gasteiger partial charge in [0.15, 0.2) is 6.10 Å². The van der Waals surface area contributed by atoms with Gasteiger partial charge in [-0.15, -0.1) is 0 Å². The van der Waals surface area contributed by atoms with Crippen LogP contribution >= 0.6 is 11.6 Å². The number of nitrogens with one attached hydrogen (secondary N) is 2. The summed E-state index contributed by atoms with van der Waals surface area (Å²) in [5.41, 5.74) is 6.85. The maximum atomic E-state index is 14.9. The van der Waals surface area contributed by atoms with Crippen molar-refractivity contribution in [2.45, 2.75) is 32.3 Å². The zero-order chi connectivity index (χ0) is 26.9. The lowest BCUT2D eigenvalue weighted by Gasteiger charge is -2.21. The maximum Gasteiger partial charge on any atom is 0.425 e. The van der Waals surface area contributed by atoms with Crippen LogP contribution in [0.25, 0.3) is 11.3 Å². The van der Waals surface area contributed by atoms with E-state index >= 15 is 0 Å². The molecule has 1 aromatic heterocycles. The number of nitrogens with zero attached hydrogens (tertiary/aromatic N) is 1. The van der Waals surface area contributed by atoms with Gasteiger partial charge in [-0.1, -0.05) is 11.6 Å². The Balaban J connectivity index is 2.71. The van der Waals surface area contributed by atoms with E-state index in [-0.39, 0.29) is 5.70 Å². The van der Waals surface area contributed by atoms with Gasteiger partial charge in [-0.25, -0.2) is 9.37 Å². The molecule has 0 aliphatic rings. The highest BCUT2D eigenvalue weighted by Gasteiger charge is 2.39. The quantitative estimate of drug-likeness (QED) is 0.312. The Bertz CT molecular complexity index is 1190. The molecule has 0 saturated heterocycles. The Morgan fingerprint density at radius 3 is 2.26 bits per heavy atom. The maximum absolute atomic E-state index is 14.9. The molecule has 15 heteroatoms. The van der Waals surface area contributed by atoms with Crippen molar-refractivity contribution in [1.82, 2.24) is 10.3 Å². The van der Waals surface area contributed by atoms with Crippen LogP contribution in [-0.2, 0) is 6.18 Å². The van der Waals surface area contributed by atoms with Gasteiger partial charge >= 0.3 is 12.4 Å². The summed E-state index contributed by atoms with van der Waals surface area (Å²) in [7, 11) is 0. The Morgan fingerprint density at radius 1 is 1.17 bits per heavy atom. The van der Waals surface area contributed by atoms with Crippen molar-refractivity contribution in [2.24, 2.45) is 5.73 Å². The van der Waals surface area contributed by atoms with E-state index in [2.05, 4.69) is 10.3 Å². The minimum atomic E-state index is -4.92. The fraction of sp³-hybridized carbons (Fsp3) is 0.250. The predicted octanol–water partition coefficient (Wildman–Crippen LogP) is 4.95. The smallest absolute Gasteiger partial charge is 0.425 e. The SMILES string of the molecule is C/C(N)=C(\NC(=O)c1cc(F)c(-c2cc(C(F)(F)F)cc(N)n2)cc1O[C@@H](C)C(F)(F)F)C(=N)Cl. The van der Waals surface area contributed by atoms with Crippen LogP contribution in [0.5, 0.6) is 5.75 Å². The number of carbonyl (C=O) groups excluding carboxylic acids is 1. The highest BCUT2D eigenvalue weighted by atomic mass is 35.5. The van der Waals surface area contributed by atoms with E-state index in [1.54, 1.807) is 0 Å². The second kappa shape index (κ2) is 9.98. The van der Waals surface area contributed by atoms with Crippen molar-refractivity contribution in [2.75, 3.05) is 5.73 Å². The lowest BCUT2D eigenvalue weighted by molar-refractivity contribution is -0.189. The number of benzene rings is 1. The summed E-state index contributed by atoms with van der Waals surface area (Å²) in [5.74, 6) is -4.08. The number of allylic oxidation sites excluding steroid dienone is 2. The Labute approximate surface area is 198 Å². The third-order valence-electron chi connectivity index (χ3n) is 4.38. The molecule has 1 heterocycles. The second-order valence-electron chi connectivity index (χ2n) is 7.12. The van der Waals surface area contributed by atoms with E-state index in [1.165, 1.54) is 6.92 Å². The molecule has 0 unspecified atom stereocenters. The summed E-state index contributed by atoms with van der Waals surface area (Å²) in [4.78, 5) is 16.3. The number of pyridine rings is 1. The van der Waals surface area contributed by atoms with E-state index in [4.69, 9.17) is 33.2 Å². The standard InChI is InChI=1S/C20H17ClF7N5O2/c1-7(29)16(17(21)31)33-18(34)11-5-12(22)10(6-14(11)35-8(2)19(23,24)25)13-3-9(20(26,27)28)4-15(30)32-13/h3-6,8,31H,29H2,1-2H3,(H2,30,32)(H,33,34)/b16-7+,31-17?/t8-/m0/s1. The first-order valence-corrected chi connectivity index (χ1v) is 9.73. The molecule has 7 nitrogen and oxygen atoms in total. The van der Waals surface area contributed by atoms with Gasteiger partial charge < -0.3 is 21.5 Å². The fourth-order valence-corrected chi connectivity index (χ4v) is 2.84. The van der Waals surface area contributed by atoms with Gasteiger partial charge in [-0.05, 0) is 38.1 Å². The number of rotatable bonds is 6. The molecule has 0 saturated carbocycles. The van der Waals surface area contributed by atoms with Crippen LogP contribution in [-0.4, -0.2) is 28.3 Å². The summed E-state index contributed by atoms with van der Waals surface area (Å²) < 4.78 is 98.5. The van der Waals surface area contributed by atoms with Crippen molar-refractivity contribution >= 4 is 28.5 Å². The molecule has 190 valence electrons. The topological polar surface area (TPSA) is 127 Å². The normalized spacial score (nSPS) is 13.7. The highest BCUT2D eigenvalue weighted by Crippen LogP contribution is 2.36. The van der Waals surface area contributed by atoms with Crippen LogP contribution in [0.1, 0.15) is 29.8 Å². The molecule has 0 aliphatic heterocycles. The van der Waals surface area contributed by atoms with Gasteiger partial charge in [-0.3, -0.25) is 10.2 Å². The first-order chi connectivity index (χ1) is 15.9. The van der Waals surface area contributed by atoms with Crippen LogP contribution in [0.2, 0.25) is 0 Å². The number of nitrogens with two attached hydrogens (primary N) is 2. The lowest BCUT2D eigenvalue weighted by Crippen LogP contribution is -2.33. The third-order valence-corrected chi connectivity index (χ3v) is 4.57. The number of amides is 1. The molecule has 35 heavy (non-hydrogen) atoms. The predicted molar refractivity (Wildman–Crippen MR) is 113 cm³/mol. The summed E-state index contributed by atoms with van der Waals surface area (Å²) >= 11 is 5.52. The number of halogens is 8. The average molecular weight is 528 g/mol. The highest BCUT2D eigenvalue weighted by molar-refractivity contribution is 6.68. The van der Waals surface area contributed by atoms with Gasteiger partial charge in [0.1, 0.15) is 22.6 Å². The van der Waals surface area contributed by atoms with E-state index in [1.807, 2.05) is 0 Å². The summed E-state index contributed by atoms with van der Waals surface area (Å²) in [5, 5.41) is 8.74. The third kappa shape index (κ3) is 6.74. The minimum absolute atomic E-state index is 0.148. The summed E-state index contributed by atoms with van der Waals surface area (Å²) in [6, 6.07) is 1.93. The molecule has 2 aromatic rings. The number of carbonyl (C=O) groups is 1. The number of hydrogen-bond donors (Lipinski definition) is 4. The van der Waals surface area contributed by atoms with Crippen molar-refractivity contribution in [3.05, 3.63) is 52.6 Å². The number of ether oxygens (including phenoxy) is 1. The first kappa shape index (κ1) is 27.7. The van der Waals surface area contributed by atoms with Crippen LogP contribution in [0.15, 0.2) is 35.7 Å². The van der Waals surface area contributed by atoms with Gasteiger partial charge in [-0.2, -0.15) is 26.3 Å². The Kier molecular flexibility index (Phi) is 7.89. The van der Waals surface area contributed by atoms with Crippen molar-refractivity contribution < 1.29 is 40.3 Å². The molecule has 0 radical (unpaired) electrons. The number of anilines is 1. The second-order valence-corrected chi connectivity index (χ2v) is 7.50. The Hall–Kier alpha value is -3.55. The molecule has 1 aromatic carbocycles. The monoisotopic (exact) mass is 527 g/mol. The number of hydrogen-bond acceptors (Lipinski definition) is 6. The Morgan fingerprint density at radius 2 is 1.77 bits per heavy atom. The van der Waals surface area contributed by atoms with Crippen molar-refractivity contribution in [3.8, 4) is 17.0 Å². The van der Waals surface area contributed by atoms with Gasteiger partial charge in [0, 0.05) is 11.3 Å². The van der Waals surface area contributed by atoms with E-state index in [0.717, 1.165) is 0 Å². The molecule has 0 spiro atoms. The minimum Gasteiger partial charge on any atom is -0.480 e. The largest absolute Gasteiger partial charge is 0.480 e. The molecule has 1 amide bonds. The molecular formula is C20H17ClF7N5O2. The lowest BCUT2D eigenvalue weighted by atomic mass is 10.0. The molecule has 6 N–H and O–H groups in total. The van der Waals surface area contributed by atoms with Crippen LogP contribution < -0.4 is 21.5 Å². The molecular weight excluding hydrogens is 511 g/mol.